The molecule has 2 aromatic rings. The molecule has 1 saturated carbocycles. The number of anilines is 3. The summed E-state index contributed by atoms with van der Waals surface area (Å²) in [6.07, 6.45) is -1.26. The largest absolute Gasteiger partial charge is 0.416 e. The summed E-state index contributed by atoms with van der Waals surface area (Å²) < 4.78 is 38.3. The molecular weight excluding hydrogens is 343 g/mol. The number of hydrogen-bond donors (Lipinski definition) is 2. The zero-order chi connectivity index (χ0) is 17.3. The van der Waals surface area contributed by atoms with E-state index >= 15 is 0 Å². The van der Waals surface area contributed by atoms with Crippen molar-refractivity contribution in [3.8, 4) is 0 Å². The summed E-state index contributed by atoms with van der Waals surface area (Å²) in [5.41, 5.74) is -0.209. The van der Waals surface area contributed by atoms with Crippen molar-refractivity contribution in [2.45, 2.75) is 19.0 Å². The van der Waals surface area contributed by atoms with Crippen molar-refractivity contribution in [3.63, 3.8) is 0 Å². The van der Waals surface area contributed by atoms with Gasteiger partial charge in [0, 0.05) is 5.92 Å². The van der Waals surface area contributed by atoms with Crippen LogP contribution in [-0.4, -0.2) is 10.9 Å². The number of nitrogens with one attached hydrogen (secondary N) is 2. The van der Waals surface area contributed by atoms with Crippen molar-refractivity contribution in [2.24, 2.45) is 5.92 Å². The molecular formula is C16H13ClF3N3O. The summed E-state index contributed by atoms with van der Waals surface area (Å²) in [6, 6.07) is 6.22. The Bertz CT molecular complexity index is 758. The maximum absolute atomic E-state index is 12.8. The first kappa shape index (κ1) is 16.6. The number of rotatable bonds is 4. The van der Waals surface area contributed by atoms with E-state index in [4.69, 9.17) is 11.6 Å². The molecule has 0 saturated heterocycles. The monoisotopic (exact) mass is 355 g/mol. The van der Waals surface area contributed by atoms with Gasteiger partial charge in [0.15, 0.2) is 0 Å². The fourth-order valence-corrected chi connectivity index (χ4v) is 2.23. The van der Waals surface area contributed by atoms with E-state index in [-0.39, 0.29) is 22.5 Å². The second kappa shape index (κ2) is 6.32. The van der Waals surface area contributed by atoms with Crippen LogP contribution in [0, 0.1) is 5.92 Å². The third kappa shape index (κ3) is 3.97. The van der Waals surface area contributed by atoms with Gasteiger partial charge in [-0.3, -0.25) is 4.79 Å². The number of amides is 1. The van der Waals surface area contributed by atoms with Crippen molar-refractivity contribution in [1.82, 2.24) is 4.98 Å². The standard InChI is InChI=1S/C16H13ClF3N3O/c17-12-5-3-10(16(18,19)20)7-13(12)22-11-4-6-14(21-8-11)23-15(24)9-1-2-9/h3-9,22H,1-2H2,(H,21,23,24). The van der Waals surface area contributed by atoms with Crippen LogP contribution in [-0.2, 0) is 11.0 Å². The number of halogens is 4. The fourth-order valence-electron chi connectivity index (χ4n) is 2.07. The van der Waals surface area contributed by atoms with Crippen LogP contribution in [0.2, 0.25) is 5.02 Å². The SMILES string of the molecule is O=C(Nc1ccc(Nc2cc(C(F)(F)F)ccc2Cl)cn1)C1CC1. The molecule has 126 valence electrons. The normalized spacial score (nSPS) is 14.3. The molecule has 0 unspecified atom stereocenters. The summed E-state index contributed by atoms with van der Waals surface area (Å²) in [5, 5.41) is 5.64. The fraction of sp³-hybridized carbons (Fsp3) is 0.250. The molecule has 0 radical (unpaired) electrons. The molecule has 1 aromatic heterocycles. The summed E-state index contributed by atoms with van der Waals surface area (Å²) in [5.74, 6) is 0.394. The second-order valence-electron chi connectivity index (χ2n) is 5.51. The van der Waals surface area contributed by atoms with Gasteiger partial charge in [0.2, 0.25) is 5.91 Å². The van der Waals surface area contributed by atoms with E-state index in [9.17, 15) is 18.0 Å². The van der Waals surface area contributed by atoms with Gasteiger partial charge in [-0.25, -0.2) is 4.98 Å². The molecule has 0 spiro atoms. The Morgan fingerprint density at radius 2 is 1.96 bits per heavy atom. The van der Waals surface area contributed by atoms with Crippen molar-refractivity contribution in [3.05, 3.63) is 47.1 Å². The van der Waals surface area contributed by atoms with Gasteiger partial charge in [-0.2, -0.15) is 13.2 Å². The number of carbonyl (C=O) groups is 1. The van der Waals surface area contributed by atoms with Crippen LogP contribution in [0.1, 0.15) is 18.4 Å². The van der Waals surface area contributed by atoms with Crippen LogP contribution in [0.25, 0.3) is 0 Å². The highest BCUT2D eigenvalue weighted by Gasteiger charge is 2.31. The smallest absolute Gasteiger partial charge is 0.353 e. The number of alkyl halides is 3. The Hall–Kier alpha value is -2.28. The van der Waals surface area contributed by atoms with Crippen LogP contribution in [0.4, 0.5) is 30.4 Å². The first-order chi connectivity index (χ1) is 11.3. The zero-order valence-electron chi connectivity index (χ0n) is 12.3. The summed E-state index contributed by atoms with van der Waals surface area (Å²) in [7, 11) is 0. The van der Waals surface area contributed by atoms with Gasteiger partial charge >= 0.3 is 6.18 Å². The Morgan fingerprint density at radius 3 is 2.54 bits per heavy atom. The molecule has 3 rings (SSSR count). The minimum atomic E-state index is -4.45. The van der Waals surface area contributed by atoms with Crippen molar-refractivity contribution in [1.29, 1.82) is 0 Å². The minimum Gasteiger partial charge on any atom is -0.353 e. The molecule has 0 atom stereocenters. The number of nitrogens with zero attached hydrogens (tertiary/aromatic N) is 1. The number of benzene rings is 1. The highest BCUT2D eigenvalue weighted by Crippen LogP contribution is 2.35. The molecule has 0 bridgehead atoms. The number of hydrogen-bond acceptors (Lipinski definition) is 3. The number of pyridine rings is 1. The van der Waals surface area contributed by atoms with E-state index in [0.717, 1.165) is 25.0 Å². The van der Waals surface area contributed by atoms with Gasteiger partial charge in [0.05, 0.1) is 28.2 Å². The lowest BCUT2D eigenvalue weighted by Gasteiger charge is -2.12. The molecule has 1 aliphatic rings. The quantitative estimate of drug-likeness (QED) is 0.824. The lowest BCUT2D eigenvalue weighted by molar-refractivity contribution is -0.137. The van der Waals surface area contributed by atoms with Crippen LogP contribution in [0.15, 0.2) is 36.5 Å². The predicted octanol–water partition coefficient (Wildman–Crippen LogP) is 4.85. The number of carbonyl (C=O) groups excluding carboxylic acids is 1. The Labute approximate surface area is 141 Å². The van der Waals surface area contributed by atoms with E-state index in [1.165, 1.54) is 12.3 Å². The second-order valence-corrected chi connectivity index (χ2v) is 5.92. The highest BCUT2D eigenvalue weighted by atomic mass is 35.5. The van der Waals surface area contributed by atoms with E-state index in [1.807, 2.05) is 0 Å². The van der Waals surface area contributed by atoms with Gasteiger partial charge in [-0.15, -0.1) is 0 Å². The molecule has 1 heterocycles. The van der Waals surface area contributed by atoms with Crippen LogP contribution >= 0.6 is 11.6 Å². The van der Waals surface area contributed by atoms with E-state index in [2.05, 4.69) is 15.6 Å². The summed E-state index contributed by atoms with van der Waals surface area (Å²) >= 11 is 5.93. The van der Waals surface area contributed by atoms with Crippen molar-refractivity contribution in [2.75, 3.05) is 10.6 Å². The average molecular weight is 356 g/mol. The third-order valence-electron chi connectivity index (χ3n) is 3.54. The van der Waals surface area contributed by atoms with Crippen LogP contribution in [0.5, 0.6) is 0 Å². The topological polar surface area (TPSA) is 54.0 Å². The molecule has 1 amide bonds. The molecule has 0 aliphatic heterocycles. The lowest BCUT2D eigenvalue weighted by Crippen LogP contribution is -2.14. The molecule has 1 fully saturated rings. The zero-order valence-corrected chi connectivity index (χ0v) is 13.1. The minimum absolute atomic E-state index is 0.0634. The van der Waals surface area contributed by atoms with Gasteiger partial charge in [-0.05, 0) is 43.2 Å². The Morgan fingerprint density at radius 1 is 1.21 bits per heavy atom. The van der Waals surface area contributed by atoms with Crippen LogP contribution in [0.3, 0.4) is 0 Å². The Balaban J connectivity index is 1.72. The van der Waals surface area contributed by atoms with E-state index < -0.39 is 11.7 Å². The lowest BCUT2D eigenvalue weighted by atomic mass is 10.2. The summed E-state index contributed by atoms with van der Waals surface area (Å²) in [4.78, 5) is 15.7. The van der Waals surface area contributed by atoms with Gasteiger partial charge in [0.1, 0.15) is 5.82 Å². The van der Waals surface area contributed by atoms with Crippen molar-refractivity contribution < 1.29 is 18.0 Å². The molecule has 2 N–H and O–H groups in total. The van der Waals surface area contributed by atoms with Gasteiger partial charge in [0.25, 0.3) is 0 Å². The van der Waals surface area contributed by atoms with Gasteiger partial charge < -0.3 is 10.6 Å². The van der Waals surface area contributed by atoms with Gasteiger partial charge in [-0.1, -0.05) is 11.6 Å². The maximum Gasteiger partial charge on any atom is 0.416 e. The average Bonchev–Trinajstić information content (AvgIpc) is 3.35. The molecule has 1 aliphatic carbocycles. The van der Waals surface area contributed by atoms with Crippen molar-refractivity contribution >= 4 is 34.7 Å². The molecule has 4 nitrogen and oxygen atoms in total. The van der Waals surface area contributed by atoms with Crippen LogP contribution < -0.4 is 10.6 Å². The number of aromatic nitrogens is 1. The highest BCUT2D eigenvalue weighted by molar-refractivity contribution is 6.33. The molecule has 24 heavy (non-hydrogen) atoms. The predicted molar refractivity (Wildman–Crippen MR) is 85.3 cm³/mol. The van der Waals surface area contributed by atoms with E-state index in [1.54, 1.807) is 12.1 Å². The first-order valence-corrected chi connectivity index (χ1v) is 7.61. The summed E-state index contributed by atoms with van der Waals surface area (Å²) in [6.45, 7) is 0. The first-order valence-electron chi connectivity index (χ1n) is 7.23. The molecule has 8 heteroatoms. The molecule has 1 aromatic carbocycles. The maximum atomic E-state index is 12.8. The Kier molecular flexibility index (Phi) is 4.36. The third-order valence-corrected chi connectivity index (χ3v) is 3.87. The van der Waals surface area contributed by atoms with E-state index in [0.29, 0.717) is 11.5 Å².